The van der Waals surface area contributed by atoms with E-state index >= 15 is 0 Å². The van der Waals surface area contributed by atoms with Gasteiger partial charge in [0.1, 0.15) is 19.0 Å². The molecule has 0 fully saturated rings. The summed E-state index contributed by atoms with van der Waals surface area (Å²) >= 11 is 3.19. The molecule has 19 heavy (non-hydrogen) atoms. The van der Waals surface area contributed by atoms with E-state index in [2.05, 4.69) is 26.1 Å². The van der Waals surface area contributed by atoms with Crippen molar-refractivity contribution < 1.29 is 23.6 Å². The van der Waals surface area contributed by atoms with E-state index in [1.807, 2.05) is 0 Å². The highest BCUT2D eigenvalue weighted by Crippen LogP contribution is 2.26. The fourth-order valence-corrected chi connectivity index (χ4v) is 1.85. The Kier molecular flexibility index (Phi) is 4.23. The fraction of sp³-hybridized carbons (Fsp3) is 0.182. The van der Waals surface area contributed by atoms with Gasteiger partial charge in [-0.2, -0.15) is 4.98 Å². The molecule has 6 nitrogen and oxygen atoms in total. The summed E-state index contributed by atoms with van der Waals surface area (Å²) in [5.41, 5.74) is 0.564. The number of nitrogens with zero attached hydrogens (tertiary/aromatic N) is 2. The first-order valence-electron chi connectivity index (χ1n) is 5.14. The maximum Gasteiger partial charge on any atom is 0.329 e. The monoisotopic (exact) mass is 330 g/mol. The molecule has 0 amide bonds. The van der Waals surface area contributed by atoms with E-state index in [-0.39, 0.29) is 24.1 Å². The quantitative estimate of drug-likeness (QED) is 0.904. The van der Waals surface area contributed by atoms with Crippen LogP contribution in [0.1, 0.15) is 5.89 Å². The summed E-state index contributed by atoms with van der Waals surface area (Å²) < 4.78 is 23.1. The van der Waals surface area contributed by atoms with Gasteiger partial charge in [0.05, 0.1) is 0 Å². The summed E-state index contributed by atoms with van der Waals surface area (Å²) in [7, 11) is 0. The van der Waals surface area contributed by atoms with Crippen molar-refractivity contribution in [3.63, 3.8) is 0 Å². The average Bonchev–Trinajstić information content (AvgIpc) is 2.77. The van der Waals surface area contributed by atoms with Crippen molar-refractivity contribution in [1.82, 2.24) is 10.1 Å². The molecule has 0 atom stereocenters. The maximum absolute atomic E-state index is 12.9. The molecule has 8 heteroatoms. The van der Waals surface area contributed by atoms with Crippen molar-refractivity contribution in [3.05, 3.63) is 34.4 Å². The van der Waals surface area contributed by atoms with E-state index in [9.17, 15) is 9.18 Å². The molecule has 100 valence electrons. The molecule has 0 spiro atoms. The van der Waals surface area contributed by atoms with Gasteiger partial charge >= 0.3 is 5.97 Å². The number of carboxylic acid groups (broad SMARTS) is 1. The molecule has 0 unspecified atom stereocenters. The topological polar surface area (TPSA) is 85.5 Å². The Hall–Kier alpha value is -1.80. The SMILES string of the molecule is O=C(O)COCc1nc(-c2ccc(F)cc2Br)no1. The number of carboxylic acids is 1. The zero-order valence-corrected chi connectivity index (χ0v) is 11.1. The number of aliphatic carboxylic acids is 1. The third-order valence-electron chi connectivity index (χ3n) is 2.09. The van der Waals surface area contributed by atoms with E-state index in [0.29, 0.717) is 10.0 Å². The Labute approximate surface area is 115 Å². The molecule has 0 saturated heterocycles. The number of halogens is 2. The largest absolute Gasteiger partial charge is 0.480 e. The Morgan fingerprint density at radius 2 is 2.32 bits per heavy atom. The Morgan fingerprint density at radius 1 is 1.53 bits per heavy atom. The predicted molar refractivity (Wildman–Crippen MR) is 64.7 cm³/mol. The molecule has 1 aromatic heterocycles. The minimum atomic E-state index is -1.08. The van der Waals surface area contributed by atoms with Crippen LogP contribution in [0.3, 0.4) is 0 Å². The van der Waals surface area contributed by atoms with Gasteiger partial charge in [-0.25, -0.2) is 9.18 Å². The molecule has 0 aliphatic carbocycles. The van der Waals surface area contributed by atoms with Crippen LogP contribution in [0.25, 0.3) is 11.4 Å². The Balaban J connectivity index is 2.10. The van der Waals surface area contributed by atoms with E-state index < -0.39 is 12.6 Å². The van der Waals surface area contributed by atoms with Crippen LogP contribution in [0.2, 0.25) is 0 Å². The van der Waals surface area contributed by atoms with Gasteiger partial charge < -0.3 is 14.4 Å². The smallest absolute Gasteiger partial charge is 0.329 e. The standard InChI is InChI=1S/C11H8BrFN2O4/c12-8-3-6(13)1-2-7(8)11-14-9(19-15-11)4-18-5-10(16)17/h1-3H,4-5H2,(H,16,17). The van der Waals surface area contributed by atoms with E-state index in [0.717, 1.165) is 0 Å². The molecule has 0 aliphatic rings. The number of rotatable bonds is 5. The molecule has 0 radical (unpaired) electrons. The van der Waals surface area contributed by atoms with Gasteiger partial charge in [-0.05, 0) is 34.1 Å². The third kappa shape index (κ3) is 3.58. The summed E-state index contributed by atoms with van der Waals surface area (Å²) in [4.78, 5) is 14.3. The van der Waals surface area contributed by atoms with Crippen molar-refractivity contribution in [1.29, 1.82) is 0 Å². The number of hydrogen-bond acceptors (Lipinski definition) is 5. The average molecular weight is 331 g/mol. The molecule has 0 aliphatic heterocycles. The van der Waals surface area contributed by atoms with Gasteiger partial charge in [0, 0.05) is 10.0 Å². The maximum atomic E-state index is 12.9. The molecular weight excluding hydrogens is 323 g/mol. The minimum Gasteiger partial charge on any atom is -0.480 e. The van der Waals surface area contributed by atoms with E-state index in [1.54, 1.807) is 0 Å². The van der Waals surface area contributed by atoms with E-state index in [4.69, 9.17) is 14.4 Å². The number of hydrogen-bond donors (Lipinski definition) is 1. The van der Waals surface area contributed by atoms with Gasteiger partial charge in [-0.1, -0.05) is 5.16 Å². The zero-order chi connectivity index (χ0) is 13.8. The third-order valence-corrected chi connectivity index (χ3v) is 2.75. The van der Waals surface area contributed by atoms with Crippen molar-refractivity contribution in [2.24, 2.45) is 0 Å². The van der Waals surface area contributed by atoms with Crippen LogP contribution in [-0.2, 0) is 16.1 Å². The molecule has 0 saturated carbocycles. The lowest BCUT2D eigenvalue weighted by molar-refractivity contribution is -0.142. The van der Waals surface area contributed by atoms with Crippen LogP contribution in [0.15, 0.2) is 27.2 Å². The van der Waals surface area contributed by atoms with Crippen LogP contribution in [0.5, 0.6) is 0 Å². The van der Waals surface area contributed by atoms with Crippen LogP contribution in [-0.4, -0.2) is 27.8 Å². The van der Waals surface area contributed by atoms with Gasteiger partial charge in [0.15, 0.2) is 0 Å². The number of ether oxygens (including phenoxy) is 1. The Morgan fingerprint density at radius 3 is 3.00 bits per heavy atom. The molecule has 0 bridgehead atoms. The highest BCUT2D eigenvalue weighted by Gasteiger charge is 2.12. The van der Waals surface area contributed by atoms with Gasteiger partial charge in [0.25, 0.3) is 5.89 Å². The highest BCUT2D eigenvalue weighted by atomic mass is 79.9. The first kappa shape index (κ1) is 13.6. The van der Waals surface area contributed by atoms with Crippen molar-refractivity contribution in [2.45, 2.75) is 6.61 Å². The lowest BCUT2D eigenvalue weighted by atomic mass is 10.2. The molecular formula is C11H8BrFN2O4. The highest BCUT2D eigenvalue weighted by molar-refractivity contribution is 9.10. The van der Waals surface area contributed by atoms with Gasteiger partial charge in [-0.3, -0.25) is 0 Å². The molecule has 1 N–H and O–H groups in total. The lowest BCUT2D eigenvalue weighted by Crippen LogP contribution is -2.06. The first-order valence-corrected chi connectivity index (χ1v) is 5.93. The van der Waals surface area contributed by atoms with Crippen molar-refractivity contribution >= 4 is 21.9 Å². The molecule has 1 heterocycles. The number of carbonyl (C=O) groups is 1. The molecule has 2 aromatic rings. The van der Waals surface area contributed by atoms with Crippen LogP contribution < -0.4 is 0 Å². The van der Waals surface area contributed by atoms with Crippen molar-refractivity contribution in [3.8, 4) is 11.4 Å². The van der Waals surface area contributed by atoms with Gasteiger partial charge in [0.2, 0.25) is 5.82 Å². The second-order valence-corrected chi connectivity index (χ2v) is 4.38. The second-order valence-electron chi connectivity index (χ2n) is 3.52. The summed E-state index contributed by atoms with van der Waals surface area (Å²) in [5.74, 6) is -1.06. The van der Waals surface area contributed by atoms with Gasteiger partial charge in [-0.15, -0.1) is 0 Å². The van der Waals surface area contributed by atoms with Crippen LogP contribution in [0, 0.1) is 5.82 Å². The number of benzene rings is 1. The van der Waals surface area contributed by atoms with Crippen molar-refractivity contribution in [2.75, 3.05) is 6.61 Å². The normalized spacial score (nSPS) is 10.6. The Bertz CT molecular complexity index is 602. The summed E-state index contributed by atoms with van der Waals surface area (Å²) in [6.07, 6.45) is 0. The minimum absolute atomic E-state index is 0.0991. The fourth-order valence-electron chi connectivity index (χ4n) is 1.32. The van der Waals surface area contributed by atoms with E-state index in [1.165, 1.54) is 18.2 Å². The first-order chi connectivity index (χ1) is 9.06. The summed E-state index contributed by atoms with van der Waals surface area (Å²) in [5, 5.41) is 12.1. The summed E-state index contributed by atoms with van der Waals surface area (Å²) in [6.45, 7) is -0.546. The number of aromatic nitrogens is 2. The summed E-state index contributed by atoms with van der Waals surface area (Å²) in [6, 6.07) is 4.06. The van der Waals surface area contributed by atoms with Crippen LogP contribution in [0.4, 0.5) is 4.39 Å². The molecule has 1 aromatic carbocycles. The predicted octanol–water partition coefficient (Wildman–Crippen LogP) is 2.24. The van der Waals surface area contributed by atoms with Crippen LogP contribution >= 0.6 is 15.9 Å². The molecule has 2 rings (SSSR count). The lowest BCUT2D eigenvalue weighted by Gasteiger charge is -1.98. The zero-order valence-electron chi connectivity index (χ0n) is 9.47. The second kappa shape index (κ2) is 5.89.